The molecule has 0 radical (unpaired) electrons. The molecule has 0 amide bonds. The number of pyridine rings is 1. The zero-order valence-corrected chi connectivity index (χ0v) is 15.3. The molecule has 3 rings (SSSR count). The average molecular weight is 347 g/mol. The van der Waals surface area contributed by atoms with Crippen LogP contribution in [0.4, 0.5) is 5.69 Å². The van der Waals surface area contributed by atoms with Crippen molar-refractivity contribution in [2.45, 2.75) is 40.2 Å². The van der Waals surface area contributed by atoms with Crippen molar-refractivity contribution in [2.24, 2.45) is 0 Å². The van der Waals surface area contributed by atoms with Crippen molar-refractivity contribution < 1.29 is 9.47 Å². The van der Waals surface area contributed by atoms with Gasteiger partial charge in [0.15, 0.2) is 0 Å². The van der Waals surface area contributed by atoms with Gasteiger partial charge in [-0.1, -0.05) is 11.6 Å². The normalized spacial score (nSPS) is 17.1. The Labute approximate surface area is 148 Å². The van der Waals surface area contributed by atoms with Gasteiger partial charge >= 0.3 is 0 Å². The molecule has 1 aliphatic rings. The highest BCUT2D eigenvalue weighted by molar-refractivity contribution is 6.30. The van der Waals surface area contributed by atoms with Gasteiger partial charge in [-0.2, -0.15) is 0 Å². The van der Waals surface area contributed by atoms with E-state index in [-0.39, 0.29) is 0 Å². The average Bonchev–Trinajstić information content (AvgIpc) is 3.00. The molecule has 24 heavy (non-hydrogen) atoms. The molecule has 0 spiro atoms. The summed E-state index contributed by atoms with van der Waals surface area (Å²) in [6, 6.07) is 6.22. The monoisotopic (exact) mass is 346 g/mol. The molecule has 1 saturated heterocycles. The quantitative estimate of drug-likeness (QED) is 0.849. The summed E-state index contributed by atoms with van der Waals surface area (Å²) in [6.07, 6.45) is 1.02. The number of hydrogen-bond acceptors (Lipinski definition) is 4. The fourth-order valence-electron chi connectivity index (χ4n) is 2.98. The zero-order valence-electron chi connectivity index (χ0n) is 14.6. The lowest BCUT2D eigenvalue weighted by atomic mass is 10.1. The van der Waals surface area contributed by atoms with E-state index < -0.39 is 0 Å². The molecule has 0 bridgehead atoms. The van der Waals surface area contributed by atoms with Gasteiger partial charge in [0.1, 0.15) is 5.75 Å². The third-order valence-corrected chi connectivity index (χ3v) is 4.49. The minimum Gasteiger partial charge on any atom is -0.438 e. The van der Waals surface area contributed by atoms with Gasteiger partial charge in [0, 0.05) is 28.6 Å². The summed E-state index contributed by atoms with van der Waals surface area (Å²) in [5, 5.41) is 4.27. The minimum atomic E-state index is 0.345. The molecule has 1 aromatic carbocycles. The van der Waals surface area contributed by atoms with E-state index in [9.17, 15) is 0 Å². The van der Waals surface area contributed by atoms with Gasteiger partial charge in [0.25, 0.3) is 0 Å². The van der Waals surface area contributed by atoms with Crippen molar-refractivity contribution >= 4 is 17.3 Å². The largest absolute Gasteiger partial charge is 0.438 e. The second-order valence-electron chi connectivity index (χ2n) is 6.42. The molecule has 1 unspecified atom stereocenters. The van der Waals surface area contributed by atoms with Gasteiger partial charge in [-0.05, 0) is 63.4 Å². The molecule has 1 aromatic heterocycles. The Morgan fingerprint density at radius 3 is 2.50 bits per heavy atom. The molecule has 128 valence electrons. The highest BCUT2D eigenvalue weighted by Crippen LogP contribution is 2.34. The van der Waals surface area contributed by atoms with Crippen molar-refractivity contribution in [1.29, 1.82) is 0 Å². The second kappa shape index (κ2) is 6.99. The number of rotatable bonds is 4. The summed E-state index contributed by atoms with van der Waals surface area (Å²) in [6.45, 7) is 9.55. The van der Waals surface area contributed by atoms with Crippen molar-refractivity contribution in [1.82, 2.24) is 4.98 Å². The lowest BCUT2D eigenvalue weighted by Gasteiger charge is -2.19. The summed E-state index contributed by atoms with van der Waals surface area (Å²) in [4.78, 5) is 4.58. The molecule has 1 N–H and O–H groups in total. The number of nitrogens with zero attached hydrogens (tertiary/aromatic N) is 1. The van der Waals surface area contributed by atoms with E-state index in [1.54, 1.807) is 0 Å². The van der Waals surface area contributed by atoms with Crippen molar-refractivity contribution in [3.63, 3.8) is 0 Å². The van der Waals surface area contributed by atoms with Crippen LogP contribution >= 0.6 is 11.6 Å². The second-order valence-corrected chi connectivity index (χ2v) is 6.85. The first-order chi connectivity index (χ1) is 11.4. The molecule has 0 aliphatic carbocycles. The molecule has 2 aromatic rings. The number of halogens is 1. The topological polar surface area (TPSA) is 43.4 Å². The number of nitrogens with one attached hydrogen (secondary N) is 1. The van der Waals surface area contributed by atoms with Crippen LogP contribution in [0, 0.1) is 27.7 Å². The summed E-state index contributed by atoms with van der Waals surface area (Å²) in [5.74, 6) is 1.45. The predicted octanol–water partition coefficient (Wildman–Crippen LogP) is 4.96. The molecular weight excluding hydrogens is 324 g/mol. The highest BCUT2D eigenvalue weighted by atomic mass is 35.5. The first-order valence-electron chi connectivity index (χ1n) is 8.21. The van der Waals surface area contributed by atoms with Crippen LogP contribution in [0.3, 0.4) is 0 Å². The van der Waals surface area contributed by atoms with Gasteiger partial charge in [0.2, 0.25) is 5.88 Å². The van der Waals surface area contributed by atoms with E-state index >= 15 is 0 Å². The predicted molar refractivity (Wildman–Crippen MR) is 97.6 cm³/mol. The van der Waals surface area contributed by atoms with E-state index in [1.165, 1.54) is 0 Å². The Balaban J connectivity index is 1.92. The Bertz CT molecular complexity index is 732. The molecule has 1 aliphatic heterocycles. The van der Waals surface area contributed by atoms with E-state index in [0.717, 1.165) is 58.5 Å². The lowest BCUT2D eigenvalue weighted by Crippen LogP contribution is -2.20. The lowest BCUT2D eigenvalue weighted by molar-refractivity contribution is 0.195. The molecule has 5 heteroatoms. The van der Waals surface area contributed by atoms with Crippen molar-refractivity contribution in [3.8, 4) is 11.6 Å². The van der Waals surface area contributed by atoms with Gasteiger partial charge in [0.05, 0.1) is 12.6 Å². The van der Waals surface area contributed by atoms with Crippen LogP contribution < -0.4 is 10.1 Å². The SMILES string of the molecule is Cc1cc(NC2CCOC2)c(C)c(Oc2c(C)cc(Cl)cc2C)n1. The standard InChI is InChI=1S/C19H23ClN2O2/c1-11-7-15(20)8-12(2)18(11)24-19-14(4)17(9-13(3)21-19)22-16-5-6-23-10-16/h7-9,16H,5-6,10H2,1-4H3,(H,21,22). The molecule has 1 atom stereocenters. The maximum atomic E-state index is 6.17. The van der Waals surface area contributed by atoms with Crippen LogP contribution in [0.5, 0.6) is 11.6 Å². The summed E-state index contributed by atoms with van der Waals surface area (Å²) >= 11 is 6.11. The summed E-state index contributed by atoms with van der Waals surface area (Å²) < 4.78 is 11.6. The third-order valence-electron chi connectivity index (χ3n) is 4.27. The van der Waals surface area contributed by atoms with E-state index in [4.69, 9.17) is 21.1 Å². The van der Waals surface area contributed by atoms with E-state index in [2.05, 4.69) is 16.4 Å². The molecular formula is C19H23ClN2O2. The van der Waals surface area contributed by atoms with Crippen molar-refractivity contribution in [3.05, 3.63) is 45.6 Å². The van der Waals surface area contributed by atoms with Gasteiger partial charge in [-0.3, -0.25) is 0 Å². The number of aromatic nitrogens is 1. The fraction of sp³-hybridized carbons (Fsp3) is 0.421. The van der Waals surface area contributed by atoms with Crippen LogP contribution in [0.25, 0.3) is 0 Å². The van der Waals surface area contributed by atoms with Crippen LogP contribution in [-0.2, 0) is 4.74 Å². The minimum absolute atomic E-state index is 0.345. The van der Waals surface area contributed by atoms with Crippen molar-refractivity contribution in [2.75, 3.05) is 18.5 Å². The molecule has 1 fully saturated rings. The van der Waals surface area contributed by atoms with Crippen LogP contribution in [0.15, 0.2) is 18.2 Å². The first kappa shape index (κ1) is 17.1. The first-order valence-corrected chi connectivity index (χ1v) is 8.59. The number of anilines is 1. The molecule has 2 heterocycles. The zero-order chi connectivity index (χ0) is 17.3. The smallest absolute Gasteiger partial charge is 0.224 e. The Hall–Kier alpha value is -1.78. The van der Waals surface area contributed by atoms with Gasteiger partial charge in [-0.25, -0.2) is 4.98 Å². The third kappa shape index (κ3) is 3.65. The van der Waals surface area contributed by atoms with E-state index in [1.807, 2.05) is 39.8 Å². The summed E-state index contributed by atoms with van der Waals surface area (Å²) in [7, 11) is 0. The van der Waals surface area contributed by atoms with E-state index in [0.29, 0.717) is 11.9 Å². The Morgan fingerprint density at radius 1 is 1.17 bits per heavy atom. The van der Waals surface area contributed by atoms with Crippen LogP contribution in [-0.4, -0.2) is 24.2 Å². The molecule has 4 nitrogen and oxygen atoms in total. The van der Waals surface area contributed by atoms with Crippen LogP contribution in [0.1, 0.15) is 28.8 Å². The highest BCUT2D eigenvalue weighted by Gasteiger charge is 2.18. The van der Waals surface area contributed by atoms with Gasteiger partial charge < -0.3 is 14.8 Å². The Morgan fingerprint density at radius 2 is 1.88 bits per heavy atom. The molecule has 0 saturated carbocycles. The number of hydrogen-bond donors (Lipinski definition) is 1. The number of ether oxygens (including phenoxy) is 2. The summed E-state index contributed by atoms with van der Waals surface area (Å²) in [5.41, 5.74) is 4.97. The van der Waals surface area contributed by atoms with Crippen LogP contribution in [0.2, 0.25) is 5.02 Å². The maximum absolute atomic E-state index is 6.17. The fourth-order valence-corrected chi connectivity index (χ4v) is 3.31. The number of aryl methyl sites for hydroxylation is 3. The maximum Gasteiger partial charge on any atom is 0.224 e. The Kier molecular flexibility index (Phi) is 4.97. The number of benzene rings is 1. The van der Waals surface area contributed by atoms with Gasteiger partial charge in [-0.15, -0.1) is 0 Å².